The van der Waals surface area contributed by atoms with Gasteiger partial charge in [-0.3, -0.25) is 9.69 Å². The van der Waals surface area contributed by atoms with Gasteiger partial charge in [-0.1, -0.05) is 24.3 Å². The van der Waals surface area contributed by atoms with Crippen LogP contribution in [0.25, 0.3) is 17.0 Å². The summed E-state index contributed by atoms with van der Waals surface area (Å²) in [5, 5.41) is 1.01. The number of hydrogen-bond donors (Lipinski definition) is 1. The number of ketones is 1. The summed E-state index contributed by atoms with van der Waals surface area (Å²) in [5.74, 6) is -1.66. The number of allylic oxidation sites excluding steroid dienone is 1. The number of rotatable bonds is 5. The number of alkyl halides is 1. The summed E-state index contributed by atoms with van der Waals surface area (Å²) in [4.78, 5) is 16.4. The Balaban J connectivity index is 1.92. The lowest BCUT2D eigenvalue weighted by Crippen LogP contribution is -2.48. The zero-order chi connectivity index (χ0) is 23.2. The van der Waals surface area contributed by atoms with Crippen molar-refractivity contribution in [2.24, 2.45) is 0 Å². The number of benzene rings is 2. The van der Waals surface area contributed by atoms with E-state index >= 15 is 8.78 Å². The van der Waals surface area contributed by atoms with Gasteiger partial charge in [0.1, 0.15) is 17.3 Å². The van der Waals surface area contributed by atoms with Gasteiger partial charge in [0.15, 0.2) is 5.78 Å². The lowest BCUT2D eigenvalue weighted by molar-refractivity contribution is -0.112. The molecule has 0 saturated carbocycles. The average Bonchev–Trinajstić information content (AvgIpc) is 3.05. The SMILES string of the molecule is CC(=O)/C=C/c1cc(F)c([C@@H]2c3[nH]c4ccccc4c3C[C@@H](C)N2CC(C)(C)F)c(F)c1. The van der Waals surface area contributed by atoms with E-state index in [0.29, 0.717) is 12.1 Å². The molecule has 2 heterocycles. The normalized spacial score (nSPS) is 19.6. The second-order valence-corrected chi connectivity index (χ2v) is 9.25. The summed E-state index contributed by atoms with van der Waals surface area (Å²) in [6.07, 6.45) is 3.30. The minimum atomic E-state index is -1.55. The first-order valence-corrected chi connectivity index (χ1v) is 10.8. The van der Waals surface area contributed by atoms with Crippen molar-refractivity contribution >= 4 is 22.8 Å². The van der Waals surface area contributed by atoms with Gasteiger partial charge in [-0.05, 0) is 69.5 Å². The molecule has 0 unspecified atom stereocenters. The van der Waals surface area contributed by atoms with E-state index in [1.807, 2.05) is 36.1 Å². The van der Waals surface area contributed by atoms with E-state index in [9.17, 15) is 9.18 Å². The van der Waals surface area contributed by atoms with Crippen molar-refractivity contribution in [2.75, 3.05) is 6.54 Å². The number of hydrogen-bond acceptors (Lipinski definition) is 2. The van der Waals surface area contributed by atoms with Gasteiger partial charge in [0.05, 0.1) is 6.04 Å². The van der Waals surface area contributed by atoms with E-state index in [2.05, 4.69) is 4.98 Å². The lowest BCUT2D eigenvalue weighted by atomic mass is 9.87. The summed E-state index contributed by atoms with van der Waals surface area (Å²) < 4.78 is 45.6. The van der Waals surface area contributed by atoms with Crippen LogP contribution in [0.5, 0.6) is 0 Å². The maximum Gasteiger partial charge on any atom is 0.152 e. The first kappa shape index (κ1) is 22.3. The number of carbonyl (C=O) groups excluding carboxylic acids is 1. The quantitative estimate of drug-likeness (QED) is 0.484. The molecule has 2 atom stereocenters. The van der Waals surface area contributed by atoms with Gasteiger partial charge in [0, 0.05) is 34.7 Å². The van der Waals surface area contributed by atoms with Gasteiger partial charge >= 0.3 is 0 Å². The number of nitrogens with one attached hydrogen (secondary N) is 1. The van der Waals surface area contributed by atoms with Gasteiger partial charge in [0.2, 0.25) is 0 Å². The second kappa shape index (κ2) is 8.24. The zero-order valence-electron chi connectivity index (χ0n) is 18.7. The van der Waals surface area contributed by atoms with Crippen molar-refractivity contribution in [1.29, 1.82) is 0 Å². The highest BCUT2D eigenvalue weighted by molar-refractivity contribution is 5.91. The molecule has 0 fully saturated rings. The number of nitrogens with zero attached hydrogens (tertiary/aromatic N) is 1. The van der Waals surface area contributed by atoms with Crippen molar-refractivity contribution in [3.8, 4) is 0 Å². The van der Waals surface area contributed by atoms with Gasteiger partial charge in [-0.2, -0.15) is 0 Å². The number of H-pyrrole nitrogens is 1. The number of aromatic nitrogens is 1. The first-order valence-electron chi connectivity index (χ1n) is 10.8. The van der Waals surface area contributed by atoms with Crippen LogP contribution in [-0.4, -0.2) is 33.9 Å². The molecule has 0 radical (unpaired) electrons. The van der Waals surface area contributed by atoms with Crippen LogP contribution >= 0.6 is 0 Å². The molecule has 4 rings (SSSR count). The molecule has 1 aliphatic rings. The molecule has 1 aliphatic heterocycles. The fourth-order valence-corrected chi connectivity index (χ4v) is 4.67. The van der Waals surface area contributed by atoms with Crippen LogP contribution in [0.1, 0.15) is 56.1 Å². The van der Waals surface area contributed by atoms with Crippen LogP contribution in [-0.2, 0) is 11.2 Å². The highest BCUT2D eigenvalue weighted by Gasteiger charge is 2.40. The number of para-hydroxylation sites is 1. The highest BCUT2D eigenvalue weighted by atomic mass is 19.1. The largest absolute Gasteiger partial charge is 0.357 e. The summed E-state index contributed by atoms with van der Waals surface area (Å²) in [7, 11) is 0. The van der Waals surface area contributed by atoms with E-state index in [4.69, 9.17) is 0 Å². The third-order valence-electron chi connectivity index (χ3n) is 5.96. The molecular weight excluding hydrogens is 413 g/mol. The molecule has 3 nitrogen and oxygen atoms in total. The van der Waals surface area contributed by atoms with Crippen molar-refractivity contribution in [3.05, 3.63) is 76.5 Å². The van der Waals surface area contributed by atoms with E-state index in [1.165, 1.54) is 45.1 Å². The van der Waals surface area contributed by atoms with E-state index in [-0.39, 0.29) is 29.5 Å². The van der Waals surface area contributed by atoms with Gasteiger partial charge < -0.3 is 4.98 Å². The molecule has 1 N–H and O–H groups in total. The maximum atomic E-state index is 15.4. The first-order chi connectivity index (χ1) is 15.0. The molecule has 0 spiro atoms. The Hall–Kier alpha value is -2.86. The van der Waals surface area contributed by atoms with Crippen molar-refractivity contribution in [2.45, 2.75) is 51.9 Å². The topological polar surface area (TPSA) is 36.1 Å². The molecule has 6 heteroatoms. The molecule has 168 valence electrons. The minimum Gasteiger partial charge on any atom is -0.357 e. The van der Waals surface area contributed by atoms with Crippen molar-refractivity contribution < 1.29 is 18.0 Å². The molecule has 1 aromatic heterocycles. The predicted molar refractivity (Wildman–Crippen MR) is 121 cm³/mol. The average molecular weight is 441 g/mol. The summed E-state index contributed by atoms with van der Waals surface area (Å²) in [6, 6.07) is 9.27. The van der Waals surface area contributed by atoms with E-state index in [0.717, 1.165) is 16.5 Å². The van der Waals surface area contributed by atoms with Crippen LogP contribution in [0, 0.1) is 11.6 Å². The molecule has 0 aliphatic carbocycles. The number of halogens is 3. The molecule has 32 heavy (non-hydrogen) atoms. The minimum absolute atomic E-state index is 0.0263. The monoisotopic (exact) mass is 440 g/mol. The summed E-state index contributed by atoms with van der Waals surface area (Å²) in [5.41, 5.74) is 1.18. The highest BCUT2D eigenvalue weighted by Crippen LogP contribution is 2.43. The zero-order valence-corrected chi connectivity index (χ0v) is 18.7. The fourth-order valence-electron chi connectivity index (χ4n) is 4.67. The van der Waals surface area contributed by atoms with Crippen LogP contribution in [0.3, 0.4) is 0 Å². The van der Waals surface area contributed by atoms with Crippen molar-refractivity contribution in [3.63, 3.8) is 0 Å². The third kappa shape index (κ3) is 4.24. The standard InChI is InChI=1S/C26H27F3N2O/c1-15-11-19-18-7-5-6-8-22(18)30-24(19)25(31(15)14-26(3,4)29)23-20(27)12-17(13-21(23)28)10-9-16(2)32/h5-10,12-13,15,25,30H,11,14H2,1-4H3/b10-9+/t15-,25-/m1/s1. The Kier molecular flexibility index (Phi) is 5.76. The molecule has 3 aromatic rings. The van der Waals surface area contributed by atoms with E-state index in [1.54, 1.807) is 0 Å². The summed E-state index contributed by atoms with van der Waals surface area (Å²) in [6.45, 7) is 6.30. The Morgan fingerprint density at radius 1 is 1.22 bits per heavy atom. The van der Waals surface area contributed by atoms with Gasteiger partial charge in [-0.25, -0.2) is 13.2 Å². The summed E-state index contributed by atoms with van der Waals surface area (Å²) >= 11 is 0. The smallest absolute Gasteiger partial charge is 0.152 e. The maximum absolute atomic E-state index is 15.4. The molecule has 0 saturated heterocycles. The number of fused-ring (bicyclic) bond motifs is 3. The molecule has 0 amide bonds. The fraction of sp³-hybridized carbons (Fsp3) is 0.346. The van der Waals surface area contributed by atoms with Gasteiger partial charge in [-0.15, -0.1) is 0 Å². The number of carbonyl (C=O) groups is 1. The Morgan fingerprint density at radius 3 is 2.50 bits per heavy atom. The van der Waals surface area contributed by atoms with Crippen LogP contribution in [0.4, 0.5) is 13.2 Å². The van der Waals surface area contributed by atoms with E-state index < -0.39 is 23.3 Å². The molecule has 0 bridgehead atoms. The predicted octanol–water partition coefficient (Wildman–Crippen LogP) is 6.13. The lowest BCUT2D eigenvalue weighted by Gasteiger charge is -2.43. The second-order valence-electron chi connectivity index (χ2n) is 9.25. The number of aromatic amines is 1. The van der Waals surface area contributed by atoms with Crippen LogP contribution in [0.15, 0.2) is 42.5 Å². The Bertz CT molecular complexity index is 1180. The Morgan fingerprint density at radius 2 is 1.88 bits per heavy atom. The third-order valence-corrected chi connectivity index (χ3v) is 5.96. The van der Waals surface area contributed by atoms with Gasteiger partial charge in [0.25, 0.3) is 0 Å². The molecular formula is C26H27F3N2O. The van der Waals surface area contributed by atoms with Crippen molar-refractivity contribution in [1.82, 2.24) is 9.88 Å². The van der Waals surface area contributed by atoms with Crippen LogP contribution < -0.4 is 0 Å². The molecule has 2 aromatic carbocycles. The van der Waals surface area contributed by atoms with Crippen LogP contribution in [0.2, 0.25) is 0 Å². The Labute approximate surface area is 185 Å².